The number of thiazole rings is 1. The van der Waals surface area contributed by atoms with Crippen LogP contribution in [0.1, 0.15) is 35.0 Å². The molecule has 4 rings (SSSR count). The Bertz CT molecular complexity index is 797. The van der Waals surface area contributed by atoms with Crippen LogP contribution < -0.4 is 0 Å². The Morgan fingerprint density at radius 3 is 3.04 bits per heavy atom. The lowest BCUT2D eigenvalue weighted by atomic mass is 9.95. The fourth-order valence-electron chi connectivity index (χ4n) is 3.21. The SMILES string of the molecule is Cc1ncsc1CN1CCCC(c2cncc(-n3ccnc3)n2)C1. The molecule has 7 heteroatoms. The minimum atomic E-state index is 0.433. The fraction of sp³-hybridized carbons (Fsp3) is 0.412. The molecule has 0 bridgehead atoms. The maximum absolute atomic E-state index is 4.81. The Balaban J connectivity index is 1.50. The van der Waals surface area contributed by atoms with Crippen molar-refractivity contribution in [2.75, 3.05) is 13.1 Å². The van der Waals surface area contributed by atoms with E-state index in [-0.39, 0.29) is 0 Å². The summed E-state index contributed by atoms with van der Waals surface area (Å²) in [6, 6.07) is 0. The largest absolute Gasteiger partial charge is 0.298 e. The van der Waals surface area contributed by atoms with E-state index in [1.54, 1.807) is 30.1 Å². The molecule has 1 unspecified atom stereocenters. The molecule has 0 amide bonds. The number of rotatable bonds is 4. The van der Waals surface area contributed by atoms with E-state index < -0.39 is 0 Å². The van der Waals surface area contributed by atoms with Gasteiger partial charge in [-0.05, 0) is 26.3 Å². The molecule has 0 saturated carbocycles. The third kappa shape index (κ3) is 3.22. The van der Waals surface area contributed by atoms with E-state index in [0.717, 1.165) is 36.8 Å². The monoisotopic (exact) mass is 340 g/mol. The van der Waals surface area contributed by atoms with E-state index in [1.165, 1.54) is 17.7 Å². The highest BCUT2D eigenvalue weighted by Gasteiger charge is 2.23. The van der Waals surface area contributed by atoms with Crippen LogP contribution in [0.5, 0.6) is 0 Å². The van der Waals surface area contributed by atoms with Gasteiger partial charge < -0.3 is 0 Å². The van der Waals surface area contributed by atoms with Crippen molar-refractivity contribution in [3.05, 3.63) is 52.9 Å². The van der Waals surface area contributed by atoms with Crippen LogP contribution in [0, 0.1) is 6.92 Å². The standard InChI is InChI=1S/C17H20N6S/c1-13-16(24-12-20-13)10-22-5-2-3-14(9-22)15-7-19-8-17(21-15)23-6-4-18-11-23/h4,6-8,11-12,14H,2-3,5,9-10H2,1H3. The van der Waals surface area contributed by atoms with Crippen molar-refractivity contribution in [1.29, 1.82) is 0 Å². The van der Waals surface area contributed by atoms with Gasteiger partial charge in [-0.2, -0.15) is 0 Å². The molecule has 1 saturated heterocycles. The number of hydrogen-bond donors (Lipinski definition) is 0. The molecule has 24 heavy (non-hydrogen) atoms. The molecule has 1 aliphatic heterocycles. The molecule has 1 atom stereocenters. The summed E-state index contributed by atoms with van der Waals surface area (Å²) in [5.41, 5.74) is 4.17. The molecule has 0 spiro atoms. The van der Waals surface area contributed by atoms with Gasteiger partial charge >= 0.3 is 0 Å². The highest BCUT2D eigenvalue weighted by atomic mass is 32.1. The molecule has 3 aromatic heterocycles. The minimum absolute atomic E-state index is 0.433. The van der Waals surface area contributed by atoms with Gasteiger partial charge in [0.05, 0.1) is 23.1 Å². The summed E-state index contributed by atoms with van der Waals surface area (Å²) in [5, 5.41) is 0. The zero-order valence-corrected chi connectivity index (χ0v) is 14.5. The van der Waals surface area contributed by atoms with Crippen molar-refractivity contribution in [2.45, 2.75) is 32.2 Å². The molecule has 0 radical (unpaired) electrons. The minimum Gasteiger partial charge on any atom is -0.298 e. The van der Waals surface area contributed by atoms with Crippen LogP contribution in [0.15, 0.2) is 36.6 Å². The molecular formula is C17H20N6S. The van der Waals surface area contributed by atoms with Gasteiger partial charge in [0.2, 0.25) is 0 Å². The first-order valence-corrected chi connectivity index (χ1v) is 9.09. The number of piperidine rings is 1. The number of imidazole rings is 1. The summed E-state index contributed by atoms with van der Waals surface area (Å²) in [6.45, 7) is 5.25. The number of nitrogens with zero attached hydrogens (tertiary/aromatic N) is 6. The van der Waals surface area contributed by atoms with E-state index in [2.05, 4.69) is 26.8 Å². The maximum atomic E-state index is 4.81. The lowest BCUT2D eigenvalue weighted by molar-refractivity contribution is 0.199. The number of likely N-dealkylation sites (tertiary alicyclic amines) is 1. The lowest BCUT2D eigenvalue weighted by Gasteiger charge is -2.32. The van der Waals surface area contributed by atoms with Gasteiger partial charge in [0.1, 0.15) is 6.33 Å². The first-order chi connectivity index (χ1) is 11.8. The Labute approximate surface area is 145 Å². The van der Waals surface area contributed by atoms with E-state index in [4.69, 9.17) is 4.98 Å². The molecule has 124 valence electrons. The van der Waals surface area contributed by atoms with Crippen molar-refractivity contribution in [3.8, 4) is 5.82 Å². The van der Waals surface area contributed by atoms with E-state index >= 15 is 0 Å². The van der Waals surface area contributed by atoms with Crippen molar-refractivity contribution >= 4 is 11.3 Å². The van der Waals surface area contributed by atoms with Crippen molar-refractivity contribution in [3.63, 3.8) is 0 Å². The molecule has 3 aromatic rings. The second kappa shape index (κ2) is 6.78. The second-order valence-electron chi connectivity index (χ2n) is 6.21. The van der Waals surface area contributed by atoms with Crippen LogP contribution >= 0.6 is 11.3 Å². The Morgan fingerprint density at radius 2 is 2.25 bits per heavy atom. The topological polar surface area (TPSA) is 59.7 Å². The van der Waals surface area contributed by atoms with Crippen LogP contribution in [0.2, 0.25) is 0 Å². The highest BCUT2D eigenvalue weighted by molar-refractivity contribution is 7.09. The van der Waals surface area contributed by atoms with Gasteiger partial charge in [0.15, 0.2) is 5.82 Å². The van der Waals surface area contributed by atoms with E-state index in [0.29, 0.717) is 5.92 Å². The first kappa shape index (κ1) is 15.4. The molecule has 4 heterocycles. The summed E-state index contributed by atoms with van der Waals surface area (Å²) >= 11 is 1.75. The van der Waals surface area contributed by atoms with Gasteiger partial charge in [-0.3, -0.25) is 14.5 Å². The summed E-state index contributed by atoms with van der Waals surface area (Å²) in [4.78, 5) is 21.5. The highest BCUT2D eigenvalue weighted by Crippen LogP contribution is 2.27. The predicted molar refractivity (Wildman–Crippen MR) is 93.3 cm³/mol. The smallest absolute Gasteiger partial charge is 0.156 e. The average Bonchev–Trinajstić information content (AvgIpc) is 3.28. The Hall–Kier alpha value is -2.12. The zero-order chi connectivity index (χ0) is 16.4. The molecule has 1 fully saturated rings. The van der Waals surface area contributed by atoms with Gasteiger partial charge in [-0.25, -0.2) is 15.0 Å². The summed E-state index contributed by atoms with van der Waals surface area (Å²) in [5.74, 6) is 1.27. The van der Waals surface area contributed by atoms with Gasteiger partial charge in [-0.1, -0.05) is 0 Å². The third-order valence-electron chi connectivity index (χ3n) is 4.55. The van der Waals surface area contributed by atoms with Crippen LogP contribution in [0.25, 0.3) is 5.82 Å². The van der Waals surface area contributed by atoms with Crippen LogP contribution in [-0.4, -0.2) is 42.5 Å². The first-order valence-electron chi connectivity index (χ1n) is 8.21. The lowest BCUT2D eigenvalue weighted by Crippen LogP contribution is -2.34. The molecule has 0 N–H and O–H groups in total. The van der Waals surface area contributed by atoms with Gasteiger partial charge in [-0.15, -0.1) is 11.3 Å². The Kier molecular flexibility index (Phi) is 4.36. The second-order valence-corrected chi connectivity index (χ2v) is 7.15. The summed E-state index contributed by atoms with van der Waals surface area (Å²) in [6.07, 6.45) is 11.5. The summed E-state index contributed by atoms with van der Waals surface area (Å²) < 4.78 is 1.90. The van der Waals surface area contributed by atoms with Crippen molar-refractivity contribution < 1.29 is 0 Å². The molecule has 0 aromatic carbocycles. The number of aryl methyl sites for hydroxylation is 1. The molecule has 1 aliphatic rings. The summed E-state index contributed by atoms with van der Waals surface area (Å²) in [7, 11) is 0. The molecule has 0 aliphatic carbocycles. The van der Waals surface area contributed by atoms with Gasteiger partial charge in [0, 0.05) is 42.5 Å². The third-order valence-corrected chi connectivity index (χ3v) is 5.47. The maximum Gasteiger partial charge on any atom is 0.156 e. The fourth-order valence-corrected chi connectivity index (χ4v) is 4.03. The van der Waals surface area contributed by atoms with Gasteiger partial charge in [0.25, 0.3) is 0 Å². The van der Waals surface area contributed by atoms with E-state index in [9.17, 15) is 0 Å². The van der Waals surface area contributed by atoms with Crippen LogP contribution in [0.3, 0.4) is 0 Å². The quantitative estimate of drug-likeness (QED) is 0.731. The average molecular weight is 340 g/mol. The molecular weight excluding hydrogens is 320 g/mol. The Morgan fingerprint density at radius 1 is 1.29 bits per heavy atom. The van der Waals surface area contributed by atoms with Crippen molar-refractivity contribution in [2.24, 2.45) is 0 Å². The predicted octanol–water partition coefficient (Wildman–Crippen LogP) is 2.81. The van der Waals surface area contributed by atoms with Crippen LogP contribution in [-0.2, 0) is 6.54 Å². The number of hydrogen-bond acceptors (Lipinski definition) is 6. The van der Waals surface area contributed by atoms with Crippen LogP contribution in [0.4, 0.5) is 0 Å². The number of aromatic nitrogens is 5. The van der Waals surface area contributed by atoms with E-state index in [1.807, 2.05) is 22.5 Å². The normalized spacial score (nSPS) is 18.8. The molecule has 6 nitrogen and oxygen atoms in total. The van der Waals surface area contributed by atoms with Crippen molar-refractivity contribution in [1.82, 2.24) is 29.4 Å². The zero-order valence-electron chi connectivity index (χ0n) is 13.7.